The van der Waals surface area contributed by atoms with Gasteiger partial charge < -0.3 is 9.45 Å². The summed E-state index contributed by atoms with van der Waals surface area (Å²) in [6.07, 6.45) is 2.26. The molecule has 0 saturated carbocycles. The van der Waals surface area contributed by atoms with E-state index in [4.69, 9.17) is 0 Å². The van der Waals surface area contributed by atoms with E-state index in [1.165, 1.54) is 0 Å². The zero-order valence-electron chi connectivity index (χ0n) is 11.1. The maximum atomic E-state index is 11.5. The SMILES string of the molecule is O=S([O-])c1cc(-c2ccccc2)ccc1N1CCCC1. The van der Waals surface area contributed by atoms with Crippen LogP contribution in [0.3, 0.4) is 0 Å². The first kappa shape index (κ1) is 13.3. The molecule has 0 aliphatic carbocycles. The highest BCUT2D eigenvalue weighted by atomic mass is 32.2. The van der Waals surface area contributed by atoms with E-state index >= 15 is 0 Å². The molecule has 4 heteroatoms. The number of anilines is 1. The molecule has 3 nitrogen and oxygen atoms in total. The van der Waals surface area contributed by atoms with E-state index in [1.54, 1.807) is 6.07 Å². The van der Waals surface area contributed by atoms with E-state index in [0.29, 0.717) is 4.90 Å². The van der Waals surface area contributed by atoms with Gasteiger partial charge in [-0.1, -0.05) is 36.4 Å². The van der Waals surface area contributed by atoms with Crippen LogP contribution in [0.4, 0.5) is 5.69 Å². The molecular formula is C16H16NO2S-. The molecule has 0 amide bonds. The summed E-state index contributed by atoms with van der Waals surface area (Å²) in [7, 11) is 0. The van der Waals surface area contributed by atoms with Gasteiger partial charge in [-0.25, -0.2) is 0 Å². The Morgan fingerprint density at radius 2 is 1.65 bits per heavy atom. The molecule has 0 radical (unpaired) electrons. The lowest BCUT2D eigenvalue weighted by Crippen LogP contribution is -2.19. The smallest absolute Gasteiger partial charge is 0.0519 e. The van der Waals surface area contributed by atoms with Crippen LogP contribution in [0.5, 0.6) is 0 Å². The topological polar surface area (TPSA) is 43.4 Å². The zero-order valence-corrected chi connectivity index (χ0v) is 11.9. The number of hydrogen-bond donors (Lipinski definition) is 0. The van der Waals surface area contributed by atoms with Crippen LogP contribution in [0, 0.1) is 0 Å². The minimum Gasteiger partial charge on any atom is -0.768 e. The van der Waals surface area contributed by atoms with Gasteiger partial charge >= 0.3 is 0 Å². The molecule has 0 bridgehead atoms. The Hall–Kier alpha value is -1.65. The molecule has 3 rings (SSSR count). The molecule has 1 aliphatic heterocycles. The average Bonchev–Trinajstić information content (AvgIpc) is 3.01. The van der Waals surface area contributed by atoms with Crippen LogP contribution in [-0.4, -0.2) is 21.9 Å². The van der Waals surface area contributed by atoms with Gasteiger partial charge in [-0.05, 0) is 47.2 Å². The van der Waals surface area contributed by atoms with E-state index in [1.807, 2.05) is 42.5 Å². The molecule has 1 saturated heterocycles. The highest BCUT2D eigenvalue weighted by molar-refractivity contribution is 7.79. The quantitative estimate of drug-likeness (QED) is 0.814. The van der Waals surface area contributed by atoms with Crippen LogP contribution in [0.15, 0.2) is 53.4 Å². The van der Waals surface area contributed by atoms with Gasteiger partial charge in [-0.15, -0.1) is 0 Å². The lowest BCUT2D eigenvalue weighted by molar-refractivity contribution is 0.537. The summed E-state index contributed by atoms with van der Waals surface area (Å²) in [6, 6.07) is 15.5. The summed E-state index contributed by atoms with van der Waals surface area (Å²) in [5.74, 6) is 0. The van der Waals surface area contributed by atoms with Crippen molar-refractivity contribution in [2.75, 3.05) is 18.0 Å². The van der Waals surface area contributed by atoms with Gasteiger partial charge in [-0.2, -0.15) is 0 Å². The second-order valence-corrected chi connectivity index (χ2v) is 5.89. The monoisotopic (exact) mass is 286 g/mol. The molecule has 0 N–H and O–H groups in total. The van der Waals surface area contributed by atoms with Crippen molar-refractivity contribution in [1.82, 2.24) is 0 Å². The third-order valence-electron chi connectivity index (χ3n) is 3.69. The molecule has 20 heavy (non-hydrogen) atoms. The van der Waals surface area contributed by atoms with Crippen molar-refractivity contribution >= 4 is 16.8 Å². The standard InChI is InChI=1S/C16H17NO2S/c18-20(19)16-12-14(13-6-2-1-3-7-13)8-9-15(16)17-10-4-5-11-17/h1-3,6-9,12H,4-5,10-11H2,(H,18,19)/p-1. The summed E-state index contributed by atoms with van der Waals surface area (Å²) in [5.41, 5.74) is 2.80. The highest BCUT2D eigenvalue weighted by Crippen LogP contribution is 2.31. The molecule has 2 aromatic rings. The van der Waals surface area contributed by atoms with Crippen molar-refractivity contribution in [1.29, 1.82) is 0 Å². The van der Waals surface area contributed by atoms with Crippen LogP contribution in [0.2, 0.25) is 0 Å². The molecule has 2 aromatic carbocycles. The lowest BCUT2D eigenvalue weighted by atomic mass is 10.1. The third kappa shape index (κ3) is 2.62. The van der Waals surface area contributed by atoms with Crippen LogP contribution in [0.25, 0.3) is 11.1 Å². The molecular weight excluding hydrogens is 270 g/mol. The molecule has 0 aromatic heterocycles. The molecule has 1 atom stereocenters. The number of benzene rings is 2. The van der Waals surface area contributed by atoms with Crippen molar-refractivity contribution in [2.24, 2.45) is 0 Å². The molecule has 1 fully saturated rings. The van der Waals surface area contributed by atoms with E-state index in [0.717, 1.165) is 42.7 Å². The van der Waals surface area contributed by atoms with Gasteiger partial charge in [-0.3, -0.25) is 4.21 Å². The van der Waals surface area contributed by atoms with Gasteiger partial charge in [0, 0.05) is 18.0 Å². The summed E-state index contributed by atoms with van der Waals surface area (Å²) in [6.45, 7) is 1.88. The number of hydrogen-bond acceptors (Lipinski definition) is 3. The van der Waals surface area contributed by atoms with E-state index in [-0.39, 0.29) is 0 Å². The van der Waals surface area contributed by atoms with Crippen molar-refractivity contribution in [3.05, 3.63) is 48.5 Å². The maximum Gasteiger partial charge on any atom is 0.0519 e. The Morgan fingerprint density at radius 1 is 0.950 bits per heavy atom. The van der Waals surface area contributed by atoms with E-state index in [2.05, 4.69) is 4.90 Å². The van der Waals surface area contributed by atoms with Gasteiger partial charge in [0.1, 0.15) is 0 Å². The van der Waals surface area contributed by atoms with Gasteiger partial charge in [0.15, 0.2) is 0 Å². The fraction of sp³-hybridized carbons (Fsp3) is 0.250. The van der Waals surface area contributed by atoms with Crippen molar-refractivity contribution in [3.8, 4) is 11.1 Å². The Bertz CT molecular complexity index is 622. The summed E-state index contributed by atoms with van der Waals surface area (Å²) >= 11 is -2.21. The fourth-order valence-electron chi connectivity index (χ4n) is 2.68. The Balaban J connectivity index is 2.04. The van der Waals surface area contributed by atoms with Crippen molar-refractivity contribution < 1.29 is 8.76 Å². The summed E-state index contributed by atoms with van der Waals surface area (Å²) in [5, 5.41) is 0. The first-order chi connectivity index (χ1) is 9.75. The van der Waals surface area contributed by atoms with E-state index < -0.39 is 11.1 Å². The molecule has 104 valence electrons. The number of rotatable bonds is 3. The predicted octanol–water partition coefficient (Wildman–Crippen LogP) is 3.19. The average molecular weight is 286 g/mol. The van der Waals surface area contributed by atoms with Crippen LogP contribution in [0.1, 0.15) is 12.8 Å². The first-order valence-corrected chi connectivity index (χ1v) is 7.87. The van der Waals surface area contributed by atoms with Crippen molar-refractivity contribution in [3.63, 3.8) is 0 Å². The second-order valence-electron chi connectivity index (χ2n) is 4.98. The van der Waals surface area contributed by atoms with Gasteiger partial charge in [0.05, 0.1) is 5.69 Å². The van der Waals surface area contributed by atoms with E-state index in [9.17, 15) is 8.76 Å². The Kier molecular flexibility index (Phi) is 3.85. The van der Waals surface area contributed by atoms with Crippen LogP contribution in [-0.2, 0) is 11.1 Å². The predicted molar refractivity (Wildman–Crippen MR) is 80.5 cm³/mol. The maximum absolute atomic E-state index is 11.5. The summed E-state index contributed by atoms with van der Waals surface area (Å²) in [4.78, 5) is 2.55. The Labute approximate surface area is 121 Å². The molecule has 1 heterocycles. The fourth-order valence-corrected chi connectivity index (χ4v) is 3.27. The zero-order chi connectivity index (χ0) is 13.9. The largest absolute Gasteiger partial charge is 0.768 e. The normalized spacial score (nSPS) is 16.4. The van der Waals surface area contributed by atoms with Gasteiger partial charge in [0.2, 0.25) is 0 Å². The van der Waals surface area contributed by atoms with Gasteiger partial charge in [0.25, 0.3) is 0 Å². The minimum absolute atomic E-state index is 0.397. The summed E-state index contributed by atoms with van der Waals surface area (Å²) < 4.78 is 23.1. The highest BCUT2D eigenvalue weighted by Gasteiger charge is 2.16. The van der Waals surface area contributed by atoms with Crippen molar-refractivity contribution in [2.45, 2.75) is 17.7 Å². The Morgan fingerprint density at radius 3 is 2.30 bits per heavy atom. The molecule has 1 aliphatic rings. The minimum atomic E-state index is -2.21. The number of nitrogens with zero attached hydrogens (tertiary/aromatic N) is 1. The van der Waals surface area contributed by atoms with Crippen LogP contribution >= 0.6 is 0 Å². The second kappa shape index (κ2) is 5.77. The van der Waals surface area contributed by atoms with Crippen LogP contribution < -0.4 is 4.90 Å². The molecule has 0 spiro atoms. The third-order valence-corrected chi connectivity index (χ3v) is 4.38. The first-order valence-electron chi connectivity index (χ1n) is 6.79. The molecule has 1 unspecified atom stereocenters. The lowest BCUT2D eigenvalue weighted by Gasteiger charge is -2.23.